The van der Waals surface area contributed by atoms with Crippen LogP contribution in [0.2, 0.25) is 0 Å². The lowest BCUT2D eigenvalue weighted by atomic mass is 9.95. The maximum Gasteiger partial charge on any atom is 0.246 e. The van der Waals surface area contributed by atoms with Gasteiger partial charge in [-0.1, -0.05) is 30.3 Å². The number of piperidine rings is 1. The molecule has 0 N–H and O–H groups in total. The molecule has 0 saturated carbocycles. The SMILES string of the molecule is N#CCCN(CCN1CCOCC1)C(=O)C1CCN(C(=O)/C=C/c2ccccc2)CC1. The van der Waals surface area contributed by atoms with Gasteiger partial charge in [0.1, 0.15) is 0 Å². The van der Waals surface area contributed by atoms with E-state index < -0.39 is 0 Å². The molecule has 0 radical (unpaired) electrons. The van der Waals surface area contributed by atoms with Crippen LogP contribution in [0.4, 0.5) is 0 Å². The summed E-state index contributed by atoms with van der Waals surface area (Å²) in [5.41, 5.74) is 0.995. The fraction of sp³-hybridized carbons (Fsp3) is 0.542. The number of carbonyl (C=O) groups excluding carboxylic acids is 2. The minimum atomic E-state index is -0.0782. The third-order valence-electron chi connectivity index (χ3n) is 5.97. The van der Waals surface area contributed by atoms with Gasteiger partial charge in [0.2, 0.25) is 11.8 Å². The van der Waals surface area contributed by atoms with Crippen molar-refractivity contribution in [3.05, 3.63) is 42.0 Å². The normalized spacial score (nSPS) is 18.1. The van der Waals surface area contributed by atoms with Crippen molar-refractivity contribution in [1.82, 2.24) is 14.7 Å². The number of benzene rings is 1. The summed E-state index contributed by atoms with van der Waals surface area (Å²) in [6.07, 6.45) is 5.12. The summed E-state index contributed by atoms with van der Waals surface area (Å²) in [7, 11) is 0. The van der Waals surface area contributed by atoms with Gasteiger partial charge in [0.15, 0.2) is 0 Å². The van der Waals surface area contributed by atoms with E-state index in [-0.39, 0.29) is 17.7 Å². The highest BCUT2D eigenvalue weighted by molar-refractivity contribution is 5.92. The Kier molecular flexibility index (Phi) is 9.07. The quantitative estimate of drug-likeness (QED) is 0.597. The van der Waals surface area contributed by atoms with Crippen molar-refractivity contribution >= 4 is 17.9 Å². The van der Waals surface area contributed by atoms with Gasteiger partial charge in [0, 0.05) is 57.8 Å². The predicted octanol–water partition coefficient (Wildman–Crippen LogP) is 2.01. The lowest BCUT2D eigenvalue weighted by molar-refractivity contribution is -0.139. The molecule has 7 heteroatoms. The maximum atomic E-state index is 13.1. The van der Waals surface area contributed by atoms with Crippen molar-refractivity contribution in [3.63, 3.8) is 0 Å². The van der Waals surface area contributed by atoms with Crippen LogP contribution in [0.3, 0.4) is 0 Å². The number of likely N-dealkylation sites (tertiary alicyclic amines) is 1. The molecule has 2 fully saturated rings. The second-order valence-corrected chi connectivity index (χ2v) is 8.03. The number of hydrogen-bond acceptors (Lipinski definition) is 5. The monoisotopic (exact) mass is 424 g/mol. The topological polar surface area (TPSA) is 76.9 Å². The molecule has 0 atom stereocenters. The van der Waals surface area contributed by atoms with E-state index in [0.29, 0.717) is 45.4 Å². The molecule has 0 bridgehead atoms. The molecule has 2 saturated heterocycles. The molecule has 0 aliphatic carbocycles. The van der Waals surface area contributed by atoms with Crippen LogP contribution in [0, 0.1) is 17.2 Å². The fourth-order valence-corrected chi connectivity index (χ4v) is 4.05. The number of hydrogen-bond donors (Lipinski definition) is 0. The van der Waals surface area contributed by atoms with E-state index in [0.717, 1.165) is 38.4 Å². The number of nitriles is 1. The Morgan fingerprint density at radius 2 is 1.81 bits per heavy atom. The number of carbonyl (C=O) groups is 2. The number of nitrogens with zero attached hydrogens (tertiary/aromatic N) is 4. The summed E-state index contributed by atoms with van der Waals surface area (Å²) in [5, 5.41) is 8.99. The van der Waals surface area contributed by atoms with Crippen LogP contribution >= 0.6 is 0 Å². The molecule has 3 rings (SSSR count). The second-order valence-electron chi connectivity index (χ2n) is 8.03. The Hall–Kier alpha value is -2.69. The standard InChI is InChI=1S/C24H32N4O3/c25-11-4-12-28(16-15-26-17-19-31-20-18-26)24(30)22-9-13-27(14-10-22)23(29)8-7-21-5-2-1-3-6-21/h1-3,5-8,22H,4,9-10,12-20H2/b8-7+. The van der Waals surface area contributed by atoms with Crippen LogP contribution in [-0.4, -0.2) is 85.5 Å². The highest BCUT2D eigenvalue weighted by atomic mass is 16.5. The van der Waals surface area contributed by atoms with Crippen molar-refractivity contribution in [1.29, 1.82) is 5.26 Å². The predicted molar refractivity (Wildman–Crippen MR) is 119 cm³/mol. The average molecular weight is 425 g/mol. The van der Waals surface area contributed by atoms with Gasteiger partial charge in [-0.2, -0.15) is 5.26 Å². The molecule has 7 nitrogen and oxygen atoms in total. The van der Waals surface area contributed by atoms with Gasteiger partial charge in [-0.05, 0) is 24.5 Å². The Morgan fingerprint density at radius 1 is 1.10 bits per heavy atom. The highest BCUT2D eigenvalue weighted by Gasteiger charge is 2.29. The summed E-state index contributed by atoms with van der Waals surface area (Å²) in [5.74, 6) is 0.0318. The van der Waals surface area contributed by atoms with Crippen LogP contribution in [-0.2, 0) is 14.3 Å². The van der Waals surface area contributed by atoms with E-state index in [4.69, 9.17) is 10.00 Å². The van der Waals surface area contributed by atoms with Gasteiger partial charge in [0.05, 0.1) is 25.7 Å². The number of rotatable bonds is 8. The molecule has 1 aromatic rings. The van der Waals surface area contributed by atoms with E-state index in [1.807, 2.05) is 46.2 Å². The van der Waals surface area contributed by atoms with Crippen LogP contribution in [0.5, 0.6) is 0 Å². The van der Waals surface area contributed by atoms with Crippen LogP contribution < -0.4 is 0 Å². The summed E-state index contributed by atoms with van der Waals surface area (Å²) < 4.78 is 5.38. The first kappa shape index (κ1) is 23.0. The van der Waals surface area contributed by atoms with Gasteiger partial charge in [0.25, 0.3) is 0 Å². The van der Waals surface area contributed by atoms with E-state index in [1.54, 1.807) is 6.08 Å². The van der Waals surface area contributed by atoms with Gasteiger partial charge in [-0.3, -0.25) is 14.5 Å². The molecule has 2 aliphatic heterocycles. The molecule has 0 spiro atoms. The van der Waals surface area contributed by atoms with Crippen molar-refractivity contribution < 1.29 is 14.3 Å². The third-order valence-corrected chi connectivity index (χ3v) is 5.97. The van der Waals surface area contributed by atoms with Crippen LogP contribution in [0.25, 0.3) is 6.08 Å². The van der Waals surface area contributed by atoms with Gasteiger partial charge in [-0.15, -0.1) is 0 Å². The number of amides is 2. The van der Waals surface area contributed by atoms with Gasteiger partial charge >= 0.3 is 0 Å². The minimum absolute atomic E-state index is 0.0107. The van der Waals surface area contributed by atoms with Crippen molar-refractivity contribution in [3.8, 4) is 6.07 Å². The second kappa shape index (κ2) is 12.2. The Balaban J connectivity index is 1.48. The van der Waals surface area contributed by atoms with Crippen molar-refractivity contribution in [2.24, 2.45) is 5.92 Å². The van der Waals surface area contributed by atoms with Crippen LogP contribution in [0.1, 0.15) is 24.8 Å². The molecule has 0 aromatic heterocycles. The van der Waals surface area contributed by atoms with E-state index in [2.05, 4.69) is 11.0 Å². The summed E-state index contributed by atoms with van der Waals surface area (Å²) in [6.45, 7) is 6.33. The molecule has 0 unspecified atom stereocenters. The van der Waals surface area contributed by atoms with Crippen LogP contribution in [0.15, 0.2) is 36.4 Å². The Morgan fingerprint density at radius 3 is 2.48 bits per heavy atom. The number of ether oxygens (including phenoxy) is 1. The first-order valence-corrected chi connectivity index (χ1v) is 11.2. The molecule has 2 aliphatic rings. The molecule has 2 amide bonds. The maximum absolute atomic E-state index is 13.1. The summed E-state index contributed by atoms with van der Waals surface area (Å²) in [4.78, 5) is 31.6. The zero-order valence-electron chi connectivity index (χ0n) is 18.1. The smallest absolute Gasteiger partial charge is 0.246 e. The Labute approximate surface area is 184 Å². The summed E-state index contributed by atoms with van der Waals surface area (Å²) in [6, 6.07) is 11.9. The molecule has 1 aromatic carbocycles. The fourth-order valence-electron chi connectivity index (χ4n) is 4.05. The van der Waals surface area contributed by atoms with Crippen molar-refractivity contribution in [2.45, 2.75) is 19.3 Å². The molecular weight excluding hydrogens is 392 g/mol. The largest absolute Gasteiger partial charge is 0.379 e. The molecule has 31 heavy (non-hydrogen) atoms. The molecule has 166 valence electrons. The Bertz CT molecular complexity index is 776. The van der Waals surface area contributed by atoms with E-state index in [9.17, 15) is 9.59 Å². The molecular formula is C24H32N4O3. The summed E-state index contributed by atoms with van der Waals surface area (Å²) >= 11 is 0. The lowest BCUT2D eigenvalue weighted by Gasteiger charge is -2.35. The van der Waals surface area contributed by atoms with E-state index >= 15 is 0 Å². The third kappa shape index (κ3) is 7.20. The minimum Gasteiger partial charge on any atom is -0.379 e. The van der Waals surface area contributed by atoms with Gasteiger partial charge in [-0.25, -0.2) is 0 Å². The highest BCUT2D eigenvalue weighted by Crippen LogP contribution is 2.20. The zero-order chi connectivity index (χ0) is 21.9. The van der Waals surface area contributed by atoms with Gasteiger partial charge < -0.3 is 14.5 Å². The number of morpholine rings is 1. The van der Waals surface area contributed by atoms with E-state index in [1.165, 1.54) is 0 Å². The van der Waals surface area contributed by atoms with Crippen molar-refractivity contribution in [2.75, 3.05) is 59.0 Å². The lowest BCUT2D eigenvalue weighted by Crippen LogP contribution is -2.47. The molecule has 2 heterocycles. The average Bonchev–Trinajstić information content (AvgIpc) is 2.83. The first-order chi connectivity index (χ1) is 15.2. The first-order valence-electron chi connectivity index (χ1n) is 11.2. The zero-order valence-corrected chi connectivity index (χ0v) is 18.1.